The van der Waals surface area contributed by atoms with Gasteiger partial charge in [0.2, 0.25) is 17.6 Å². The molecule has 1 aliphatic rings. The zero-order valence-electron chi connectivity index (χ0n) is 15.2. The normalized spacial score (nSPS) is 17.1. The first-order valence-electron chi connectivity index (χ1n) is 9.13. The summed E-state index contributed by atoms with van der Waals surface area (Å²) < 4.78 is 5.11. The van der Waals surface area contributed by atoms with Crippen LogP contribution in [-0.2, 0) is 11.2 Å². The minimum absolute atomic E-state index is 0.135. The summed E-state index contributed by atoms with van der Waals surface area (Å²) in [5.74, 6) is 1.28. The molecule has 7 heteroatoms. The van der Waals surface area contributed by atoms with Gasteiger partial charge in [-0.15, -0.1) is 0 Å². The van der Waals surface area contributed by atoms with Crippen LogP contribution in [0.1, 0.15) is 35.9 Å². The molecule has 138 valence electrons. The van der Waals surface area contributed by atoms with Gasteiger partial charge >= 0.3 is 0 Å². The molecule has 0 N–H and O–H groups in total. The zero-order valence-corrected chi connectivity index (χ0v) is 15.2. The quantitative estimate of drug-likeness (QED) is 0.709. The number of nitrogens with zero attached hydrogens (tertiary/aromatic N) is 5. The molecule has 0 aliphatic carbocycles. The van der Waals surface area contributed by atoms with Crippen molar-refractivity contribution in [3.63, 3.8) is 0 Å². The average molecular weight is 363 g/mol. The summed E-state index contributed by atoms with van der Waals surface area (Å²) in [5, 5.41) is 4.00. The molecule has 1 atom stereocenters. The van der Waals surface area contributed by atoms with Gasteiger partial charge in [0.1, 0.15) is 6.33 Å². The lowest BCUT2D eigenvalue weighted by Gasteiger charge is -2.33. The number of hydrogen-bond acceptors (Lipinski definition) is 6. The van der Waals surface area contributed by atoms with E-state index in [1.165, 1.54) is 6.33 Å². The van der Waals surface area contributed by atoms with Crippen molar-refractivity contribution in [1.29, 1.82) is 0 Å². The van der Waals surface area contributed by atoms with Crippen LogP contribution in [0.2, 0.25) is 0 Å². The lowest BCUT2D eigenvalue weighted by molar-refractivity contribution is -0.131. The second-order valence-electron chi connectivity index (χ2n) is 6.80. The fraction of sp³-hybridized carbons (Fsp3) is 0.350. The molecule has 0 spiro atoms. The van der Waals surface area contributed by atoms with E-state index >= 15 is 0 Å². The fourth-order valence-corrected chi connectivity index (χ4v) is 3.55. The van der Waals surface area contributed by atoms with Crippen molar-refractivity contribution in [2.45, 2.75) is 32.1 Å². The van der Waals surface area contributed by atoms with E-state index < -0.39 is 0 Å². The zero-order chi connectivity index (χ0) is 18.6. The maximum Gasteiger partial charge on any atom is 0.227 e. The van der Waals surface area contributed by atoms with Gasteiger partial charge in [-0.3, -0.25) is 4.79 Å². The van der Waals surface area contributed by atoms with Crippen LogP contribution in [0.15, 0.2) is 47.4 Å². The number of hydrogen-bond donors (Lipinski definition) is 0. The second kappa shape index (κ2) is 7.65. The number of carbonyl (C=O) groups is 1. The van der Waals surface area contributed by atoms with Crippen LogP contribution in [-0.4, -0.2) is 44.0 Å². The molecule has 1 aromatic carbocycles. The van der Waals surface area contributed by atoms with Crippen molar-refractivity contribution in [3.05, 3.63) is 60.0 Å². The highest BCUT2D eigenvalue weighted by molar-refractivity contribution is 5.79. The van der Waals surface area contributed by atoms with Crippen molar-refractivity contribution >= 4 is 5.91 Å². The van der Waals surface area contributed by atoms with Crippen LogP contribution >= 0.6 is 0 Å². The van der Waals surface area contributed by atoms with E-state index in [2.05, 4.69) is 20.1 Å². The van der Waals surface area contributed by atoms with Crippen LogP contribution in [0.4, 0.5) is 0 Å². The number of benzene rings is 1. The third-order valence-electron chi connectivity index (χ3n) is 4.87. The van der Waals surface area contributed by atoms with Gasteiger partial charge in [-0.05, 0) is 18.4 Å². The Labute approximate surface area is 157 Å². The Hall–Kier alpha value is -3.09. The van der Waals surface area contributed by atoms with Gasteiger partial charge < -0.3 is 9.42 Å². The number of aryl methyl sites for hydroxylation is 1. The van der Waals surface area contributed by atoms with Gasteiger partial charge in [0, 0.05) is 32.1 Å². The number of carbonyl (C=O) groups excluding carboxylic acids is 1. The Bertz CT molecular complexity index is 925. The first-order valence-corrected chi connectivity index (χ1v) is 9.13. The predicted molar refractivity (Wildman–Crippen MR) is 98.8 cm³/mol. The van der Waals surface area contributed by atoms with Gasteiger partial charge in [0.15, 0.2) is 0 Å². The highest BCUT2D eigenvalue weighted by Crippen LogP contribution is 2.31. The maximum absolute atomic E-state index is 12.8. The van der Waals surface area contributed by atoms with Gasteiger partial charge in [0.05, 0.1) is 17.7 Å². The number of amides is 1. The molecular weight excluding hydrogens is 342 g/mol. The van der Waals surface area contributed by atoms with Gasteiger partial charge in [-0.1, -0.05) is 35.5 Å². The molecule has 1 aliphatic heterocycles. The van der Waals surface area contributed by atoms with Crippen LogP contribution < -0.4 is 0 Å². The van der Waals surface area contributed by atoms with E-state index in [0.717, 1.165) is 36.2 Å². The largest absolute Gasteiger partial charge is 0.342 e. The molecule has 7 nitrogen and oxygen atoms in total. The summed E-state index contributed by atoms with van der Waals surface area (Å²) in [7, 11) is 0. The molecular formula is C20H21N5O2. The molecule has 27 heavy (non-hydrogen) atoms. The highest BCUT2D eigenvalue weighted by Gasteiger charge is 2.28. The van der Waals surface area contributed by atoms with Crippen molar-refractivity contribution in [1.82, 2.24) is 25.0 Å². The molecule has 1 saturated heterocycles. The van der Waals surface area contributed by atoms with Crippen LogP contribution in [0.25, 0.3) is 11.4 Å². The predicted octanol–water partition coefficient (Wildman–Crippen LogP) is 2.78. The monoisotopic (exact) mass is 363 g/mol. The maximum atomic E-state index is 12.8. The summed E-state index contributed by atoms with van der Waals surface area (Å²) in [5.41, 5.74) is 2.69. The van der Waals surface area contributed by atoms with Crippen molar-refractivity contribution in [2.24, 2.45) is 0 Å². The van der Waals surface area contributed by atoms with Gasteiger partial charge in [0.25, 0.3) is 0 Å². The van der Waals surface area contributed by atoms with E-state index in [-0.39, 0.29) is 11.8 Å². The van der Waals surface area contributed by atoms with E-state index in [1.807, 2.05) is 35.2 Å². The molecule has 2 aromatic heterocycles. The molecule has 0 bridgehead atoms. The summed E-state index contributed by atoms with van der Waals surface area (Å²) in [6, 6.07) is 9.85. The molecule has 3 aromatic rings. The molecule has 4 rings (SSSR count). The molecule has 1 unspecified atom stereocenters. The number of piperidine rings is 1. The first-order chi connectivity index (χ1) is 13.2. The average Bonchev–Trinajstić information content (AvgIpc) is 3.15. The number of aromatic nitrogens is 4. The molecule has 1 fully saturated rings. The van der Waals surface area contributed by atoms with Crippen molar-refractivity contribution in [2.75, 3.05) is 13.1 Å². The third-order valence-corrected chi connectivity index (χ3v) is 4.87. The summed E-state index contributed by atoms with van der Waals surface area (Å²) in [6.45, 7) is 3.18. The van der Waals surface area contributed by atoms with E-state index in [0.29, 0.717) is 24.7 Å². The van der Waals surface area contributed by atoms with Gasteiger partial charge in [-0.25, -0.2) is 9.97 Å². The molecule has 1 amide bonds. The lowest BCUT2D eigenvalue weighted by atomic mass is 9.91. The highest BCUT2D eigenvalue weighted by atomic mass is 16.5. The fourth-order valence-electron chi connectivity index (χ4n) is 3.55. The SMILES string of the molecule is Cc1nc(-c2cncnc2C2CCCN(C(=O)Cc3ccccc3)C2)no1. The Morgan fingerprint density at radius 3 is 2.93 bits per heavy atom. The van der Waals surface area contributed by atoms with E-state index in [9.17, 15) is 4.79 Å². The van der Waals surface area contributed by atoms with E-state index in [4.69, 9.17) is 4.52 Å². The minimum Gasteiger partial charge on any atom is -0.342 e. The van der Waals surface area contributed by atoms with Crippen LogP contribution in [0.5, 0.6) is 0 Å². The number of likely N-dealkylation sites (tertiary alicyclic amines) is 1. The summed E-state index contributed by atoms with van der Waals surface area (Å²) in [6.07, 6.45) is 5.60. The molecule has 0 radical (unpaired) electrons. The lowest BCUT2D eigenvalue weighted by Crippen LogP contribution is -2.40. The standard InChI is InChI=1S/C20H21N5O2/c1-14-23-20(24-27-14)17-11-21-13-22-19(17)16-8-5-9-25(12-16)18(26)10-15-6-3-2-4-7-15/h2-4,6-7,11,13,16H,5,8-10,12H2,1H3. The second-order valence-corrected chi connectivity index (χ2v) is 6.80. The molecule has 3 heterocycles. The first kappa shape index (κ1) is 17.3. The topological polar surface area (TPSA) is 85.0 Å². The Balaban J connectivity index is 1.53. The van der Waals surface area contributed by atoms with Crippen LogP contribution in [0, 0.1) is 6.92 Å². The Morgan fingerprint density at radius 1 is 1.30 bits per heavy atom. The van der Waals surface area contributed by atoms with E-state index in [1.54, 1.807) is 13.1 Å². The Kier molecular flexibility index (Phi) is 4.91. The smallest absolute Gasteiger partial charge is 0.227 e. The molecule has 0 saturated carbocycles. The van der Waals surface area contributed by atoms with Crippen LogP contribution in [0.3, 0.4) is 0 Å². The summed E-state index contributed by atoms with van der Waals surface area (Å²) in [4.78, 5) is 27.6. The Morgan fingerprint density at radius 2 is 2.15 bits per heavy atom. The third kappa shape index (κ3) is 3.86. The van der Waals surface area contributed by atoms with Crippen molar-refractivity contribution in [3.8, 4) is 11.4 Å². The number of rotatable bonds is 4. The van der Waals surface area contributed by atoms with Crippen molar-refractivity contribution < 1.29 is 9.32 Å². The minimum atomic E-state index is 0.135. The van der Waals surface area contributed by atoms with Gasteiger partial charge in [-0.2, -0.15) is 4.98 Å². The summed E-state index contributed by atoms with van der Waals surface area (Å²) >= 11 is 0.